The van der Waals surface area contributed by atoms with Gasteiger partial charge in [0.15, 0.2) is 0 Å². The van der Waals surface area contributed by atoms with Crippen LogP contribution in [-0.4, -0.2) is 50.1 Å². The van der Waals surface area contributed by atoms with Crippen molar-refractivity contribution in [2.75, 3.05) is 33.2 Å². The van der Waals surface area contributed by atoms with Gasteiger partial charge in [-0.25, -0.2) is 0 Å². The van der Waals surface area contributed by atoms with Gasteiger partial charge in [0.1, 0.15) is 0 Å². The molecule has 2 rings (SSSR count). The first-order valence-electron chi connectivity index (χ1n) is 6.87. The van der Waals surface area contributed by atoms with E-state index in [1.54, 1.807) is 0 Å². The second-order valence-electron chi connectivity index (χ2n) is 5.53. The van der Waals surface area contributed by atoms with Gasteiger partial charge in [-0.3, -0.25) is 4.79 Å². The Morgan fingerprint density at radius 1 is 1.53 bits per heavy atom. The lowest BCUT2D eigenvalue weighted by atomic mass is 9.83. The van der Waals surface area contributed by atoms with Gasteiger partial charge in [-0.1, -0.05) is 6.92 Å². The fourth-order valence-corrected chi connectivity index (χ4v) is 2.63. The minimum atomic E-state index is -0.141. The Morgan fingerprint density at radius 2 is 2.29 bits per heavy atom. The van der Waals surface area contributed by atoms with Crippen LogP contribution in [0.2, 0.25) is 0 Å². The maximum atomic E-state index is 12.2. The molecular weight excluding hydrogens is 214 g/mol. The summed E-state index contributed by atoms with van der Waals surface area (Å²) in [4.78, 5) is 14.5. The van der Waals surface area contributed by atoms with Crippen molar-refractivity contribution >= 4 is 5.91 Å². The molecular formula is C13H25N3O. The molecule has 98 valence electrons. The Labute approximate surface area is 104 Å². The zero-order valence-corrected chi connectivity index (χ0v) is 11.1. The number of rotatable bonds is 6. The lowest BCUT2D eigenvalue weighted by Gasteiger charge is -2.26. The smallest absolute Gasteiger partial charge is 0.227 e. The molecule has 1 saturated heterocycles. The molecule has 4 heteroatoms. The van der Waals surface area contributed by atoms with Crippen LogP contribution in [0.25, 0.3) is 0 Å². The molecule has 1 amide bonds. The zero-order valence-electron chi connectivity index (χ0n) is 11.1. The van der Waals surface area contributed by atoms with Crippen molar-refractivity contribution in [3.63, 3.8) is 0 Å². The summed E-state index contributed by atoms with van der Waals surface area (Å²) in [6, 6.07) is 0.778. The van der Waals surface area contributed by atoms with Crippen LogP contribution in [0.1, 0.15) is 32.6 Å². The second kappa shape index (κ2) is 5.36. The van der Waals surface area contributed by atoms with Crippen LogP contribution in [0.15, 0.2) is 0 Å². The second-order valence-corrected chi connectivity index (χ2v) is 5.53. The highest BCUT2D eigenvalue weighted by Gasteiger charge is 2.39. The average Bonchev–Trinajstić information content (AvgIpc) is 3.07. The van der Waals surface area contributed by atoms with Gasteiger partial charge in [0.2, 0.25) is 5.91 Å². The molecule has 1 aliphatic carbocycles. The van der Waals surface area contributed by atoms with Gasteiger partial charge in [-0.05, 0) is 39.3 Å². The molecule has 2 fully saturated rings. The highest BCUT2D eigenvalue weighted by molar-refractivity contribution is 5.83. The molecule has 4 nitrogen and oxygen atoms in total. The molecule has 2 N–H and O–H groups in total. The van der Waals surface area contributed by atoms with Crippen LogP contribution in [0.4, 0.5) is 0 Å². The van der Waals surface area contributed by atoms with Gasteiger partial charge in [0, 0.05) is 25.7 Å². The van der Waals surface area contributed by atoms with Crippen LogP contribution in [0, 0.1) is 5.41 Å². The average molecular weight is 239 g/mol. The minimum absolute atomic E-state index is 0.141. The molecule has 0 spiro atoms. The first-order valence-corrected chi connectivity index (χ1v) is 6.87. The van der Waals surface area contributed by atoms with E-state index < -0.39 is 0 Å². The van der Waals surface area contributed by atoms with Crippen LogP contribution < -0.4 is 10.6 Å². The van der Waals surface area contributed by atoms with Gasteiger partial charge in [0.05, 0.1) is 5.41 Å². The largest absolute Gasteiger partial charge is 0.354 e. The topological polar surface area (TPSA) is 44.4 Å². The SMILES string of the molecule is CCC1(C(=O)NCCN(C)C2CC2)CCNC1. The third kappa shape index (κ3) is 2.99. The Hall–Kier alpha value is -0.610. The van der Waals surface area contributed by atoms with Crippen LogP contribution in [-0.2, 0) is 4.79 Å². The molecule has 0 aromatic rings. The van der Waals surface area contributed by atoms with Gasteiger partial charge in [-0.2, -0.15) is 0 Å². The summed E-state index contributed by atoms with van der Waals surface area (Å²) < 4.78 is 0. The van der Waals surface area contributed by atoms with E-state index in [0.717, 1.165) is 45.1 Å². The lowest BCUT2D eigenvalue weighted by molar-refractivity contribution is -0.130. The Bertz CT molecular complexity index is 270. The predicted octanol–water partition coefficient (Wildman–Crippen LogP) is 0.587. The molecule has 0 bridgehead atoms. The summed E-state index contributed by atoms with van der Waals surface area (Å²) in [6.45, 7) is 5.69. The molecule has 1 aliphatic heterocycles. The van der Waals surface area contributed by atoms with Gasteiger partial charge >= 0.3 is 0 Å². The van der Waals surface area contributed by atoms with Crippen molar-refractivity contribution in [3.05, 3.63) is 0 Å². The third-order valence-corrected chi connectivity index (χ3v) is 4.32. The molecule has 0 aromatic carbocycles. The standard InChI is InChI=1S/C13H25N3O/c1-3-13(6-7-14-10-13)12(17)15-8-9-16(2)11-4-5-11/h11,14H,3-10H2,1-2H3,(H,15,17). The maximum absolute atomic E-state index is 12.2. The number of nitrogens with zero attached hydrogens (tertiary/aromatic N) is 1. The molecule has 0 radical (unpaired) electrons. The number of carbonyl (C=O) groups is 1. The van der Waals surface area contributed by atoms with Crippen molar-refractivity contribution < 1.29 is 4.79 Å². The number of hydrogen-bond donors (Lipinski definition) is 2. The van der Waals surface area contributed by atoms with Gasteiger partial charge < -0.3 is 15.5 Å². The van der Waals surface area contributed by atoms with Crippen LogP contribution in [0.3, 0.4) is 0 Å². The molecule has 17 heavy (non-hydrogen) atoms. The van der Waals surface area contributed by atoms with Crippen LogP contribution >= 0.6 is 0 Å². The van der Waals surface area contributed by atoms with E-state index in [0.29, 0.717) is 0 Å². The zero-order chi connectivity index (χ0) is 12.3. The number of likely N-dealkylation sites (N-methyl/N-ethyl adjacent to an activating group) is 1. The van der Waals surface area contributed by atoms with Crippen molar-refractivity contribution in [2.45, 2.75) is 38.6 Å². The minimum Gasteiger partial charge on any atom is -0.354 e. The Balaban J connectivity index is 1.72. The van der Waals surface area contributed by atoms with Crippen molar-refractivity contribution in [1.82, 2.24) is 15.5 Å². The van der Waals surface area contributed by atoms with E-state index in [9.17, 15) is 4.79 Å². The third-order valence-electron chi connectivity index (χ3n) is 4.32. The molecule has 1 saturated carbocycles. The van der Waals surface area contributed by atoms with E-state index in [1.165, 1.54) is 12.8 Å². The van der Waals surface area contributed by atoms with Gasteiger partial charge in [0.25, 0.3) is 0 Å². The fraction of sp³-hybridized carbons (Fsp3) is 0.923. The lowest BCUT2D eigenvalue weighted by Crippen LogP contribution is -2.44. The Kier molecular flexibility index (Phi) is 4.05. The quantitative estimate of drug-likeness (QED) is 0.713. The van der Waals surface area contributed by atoms with E-state index in [1.807, 2.05) is 0 Å². The summed E-state index contributed by atoms with van der Waals surface area (Å²) >= 11 is 0. The Morgan fingerprint density at radius 3 is 2.82 bits per heavy atom. The summed E-state index contributed by atoms with van der Waals surface area (Å²) in [6.07, 6.45) is 4.57. The number of nitrogens with one attached hydrogen (secondary N) is 2. The number of carbonyl (C=O) groups excluding carboxylic acids is 1. The summed E-state index contributed by atoms with van der Waals surface area (Å²) in [5, 5.41) is 6.41. The predicted molar refractivity (Wildman–Crippen MR) is 68.9 cm³/mol. The highest BCUT2D eigenvalue weighted by atomic mass is 16.2. The van der Waals surface area contributed by atoms with E-state index >= 15 is 0 Å². The van der Waals surface area contributed by atoms with E-state index in [-0.39, 0.29) is 11.3 Å². The van der Waals surface area contributed by atoms with Gasteiger partial charge in [-0.15, -0.1) is 0 Å². The molecule has 1 unspecified atom stereocenters. The number of amides is 1. The highest BCUT2D eigenvalue weighted by Crippen LogP contribution is 2.29. The van der Waals surface area contributed by atoms with Crippen molar-refractivity contribution in [2.24, 2.45) is 5.41 Å². The first kappa shape index (κ1) is 12.8. The molecule has 1 heterocycles. The fourth-order valence-electron chi connectivity index (χ4n) is 2.63. The molecule has 2 aliphatic rings. The van der Waals surface area contributed by atoms with E-state index in [2.05, 4.69) is 29.5 Å². The molecule has 1 atom stereocenters. The number of hydrogen-bond acceptors (Lipinski definition) is 3. The summed E-state index contributed by atoms with van der Waals surface area (Å²) in [7, 11) is 2.15. The normalized spacial score (nSPS) is 28.6. The first-order chi connectivity index (χ1) is 8.18. The monoisotopic (exact) mass is 239 g/mol. The van der Waals surface area contributed by atoms with Crippen molar-refractivity contribution in [3.8, 4) is 0 Å². The summed E-state index contributed by atoms with van der Waals surface area (Å²) in [5.41, 5.74) is -0.141. The van der Waals surface area contributed by atoms with E-state index in [4.69, 9.17) is 0 Å². The van der Waals surface area contributed by atoms with Crippen LogP contribution in [0.5, 0.6) is 0 Å². The van der Waals surface area contributed by atoms with Crippen molar-refractivity contribution in [1.29, 1.82) is 0 Å². The summed E-state index contributed by atoms with van der Waals surface area (Å²) in [5.74, 6) is 0.245. The maximum Gasteiger partial charge on any atom is 0.227 e. The molecule has 0 aromatic heterocycles.